The summed E-state index contributed by atoms with van der Waals surface area (Å²) in [4.78, 5) is 21.7. The lowest BCUT2D eigenvalue weighted by atomic mass is 10.0. The van der Waals surface area contributed by atoms with Crippen molar-refractivity contribution in [1.82, 2.24) is 15.2 Å². The molecule has 1 unspecified atom stereocenters. The third-order valence-electron chi connectivity index (χ3n) is 7.78. The number of carbonyl (C=O) groups excluding carboxylic acids is 1. The molecule has 0 radical (unpaired) electrons. The first-order valence-electron chi connectivity index (χ1n) is 14.0. The highest BCUT2D eigenvalue weighted by atomic mass is 127. The van der Waals surface area contributed by atoms with Gasteiger partial charge in [-0.25, -0.2) is 4.98 Å². The minimum atomic E-state index is -4.33. The Morgan fingerprint density at radius 1 is 0.951 bits per heavy atom. The average molecular weight is 679 g/mol. The minimum absolute atomic E-state index is 0.0176. The summed E-state index contributed by atoms with van der Waals surface area (Å²) in [6.45, 7) is 3.27. The molecule has 2 saturated heterocycles. The van der Waals surface area contributed by atoms with Crippen LogP contribution in [0.15, 0.2) is 72.9 Å². The highest BCUT2D eigenvalue weighted by Gasteiger charge is 2.30. The van der Waals surface area contributed by atoms with Crippen LogP contribution in [0.3, 0.4) is 0 Å². The van der Waals surface area contributed by atoms with E-state index in [4.69, 9.17) is 4.74 Å². The van der Waals surface area contributed by atoms with E-state index in [9.17, 15) is 18.0 Å². The minimum Gasteiger partial charge on any atom is -0.489 e. The van der Waals surface area contributed by atoms with Crippen LogP contribution in [-0.2, 0) is 12.6 Å². The molecular formula is C31H34F3IN4O2. The number of halogens is 4. The Bertz CT molecular complexity index is 1260. The molecule has 2 aromatic carbocycles. The lowest BCUT2D eigenvalue weighted by Crippen LogP contribution is -2.47. The van der Waals surface area contributed by atoms with Crippen LogP contribution in [0, 0.1) is 0 Å². The Labute approximate surface area is 252 Å². The topological polar surface area (TPSA) is 57.7 Å². The number of rotatable bonds is 8. The maximum atomic E-state index is 12.8. The molecule has 2 aliphatic heterocycles. The number of benzene rings is 2. The Balaban J connectivity index is 1.03. The van der Waals surface area contributed by atoms with Gasteiger partial charge in [-0.2, -0.15) is 13.2 Å². The molecule has 6 nitrogen and oxygen atoms in total. The predicted molar refractivity (Wildman–Crippen MR) is 162 cm³/mol. The third kappa shape index (κ3) is 8.12. The summed E-state index contributed by atoms with van der Waals surface area (Å²) >= 11 is 2.52. The zero-order valence-electron chi connectivity index (χ0n) is 22.7. The molecule has 3 aromatic rings. The molecule has 2 aliphatic rings. The van der Waals surface area contributed by atoms with Crippen molar-refractivity contribution in [2.45, 2.75) is 54.5 Å². The standard InChI is InChI=1S/C31H34F3IN4O2/c32-31(33,34)23-6-8-25(9-7-23)38-18-14-26(15-19-38)41-27-10-11-28(36-21-27)30(40)37-24-12-16-39(17-13-24)29(35)20-22-4-2-1-3-5-22/h1-11,21,24,26,29H,12-20H2,(H,37,40). The van der Waals surface area contributed by atoms with Crippen molar-refractivity contribution in [3.63, 3.8) is 0 Å². The van der Waals surface area contributed by atoms with E-state index in [1.165, 1.54) is 17.7 Å². The van der Waals surface area contributed by atoms with Gasteiger partial charge in [0.05, 0.1) is 15.8 Å². The zero-order valence-corrected chi connectivity index (χ0v) is 24.9. The highest BCUT2D eigenvalue weighted by molar-refractivity contribution is 14.1. The monoisotopic (exact) mass is 678 g/mol. The van der Waals surface area contributed by atoms with Gasteiger partial charge in [0.25, 0.3) is 5.91 Å². The molecule has 1 amide bonds. The Morgan fingerprint density at radius 3 is 2.24 bits per heavy atom. The first-order chi connectivity index (χ1) is 19.7. The lowest BCUT2D eigenvalue weighted by molar-refractivity contribution is -0.137. The maximum absolute atomic E-state index is 12.8. The second kappa shape index (κ2) is 13.4. The normalized spacial score (nSPS) is 18.2. The van der Waals surface area contributed by atoms with Crippen molar-refractivity contribution < 1.29 is 22.7 Å². The van der Waals surface area contributed by atoms with E-state index in [-0.39, 0.29) is 18.1 Å². The molecule has 2 fully saturated rings. The number of anilines is 1. The van der Waals surface area contributed by atoms with Crippen LogP contribution >= 0.6 is 22.6 Å². The molecule has 0 spiro atoms. The summed E-state index contributed by atoms with van der Waals surface area (Å²) in [5.74, 6) is 0.435. The van der Waals surface area contributed by atoms with Crippen LogP contribution in [0.25, 0.3) is 0 Å². The van der Waals surface area contributed by atoms with E-state index >= 15 is 0 Å². The van der Waals surface area contributed by atoms with Crippen LogP contribution in [0.1, 0.15) is 47.3 Å². The number of hydrogen-bond acceptors (Lipinski definition) is 5. The molecule has 0 saturated carbocycles. The van der Waals surface area contributed by atoms with Gasteiger partial charge in [-0.3, -0.25) is 9.69 Å². The van der Waals surface area contributed by atoms with Crippen LogP contribution in [0.4, 0.5) is 18.9 Å². The van der Waals surface area contributed by atoms with Gasteiger partial charge in [-0.15, -0.1) is 0 Å². The molecule has 1 aromatic heterocycles. The number of aromatic nitrogens is 1. The van der Waals surface area contributed by atoms with Crippen LogP contribution < -0.4 is 15.0 Å². The Morgan fingerprint density at radius 2 is 1.63 bits per heavy atom. The average Bonchev–Trinajstić information content (AvgIpc) is 2.98. The summed E-state index contributed by atoms with van der Waals surface area (Å²) in [6.07, 6.45) is 1.55. The molecule has 0 aliphatic carbocycles. The fourth-order valence-corrected chi connectivity index (χ4v) is 6.46. The number of piperidine rings is 2. The molecule has 1 N–H and O–H groups in total. The number of likely N-dealkylation sites (tertiary alicyclic amines) is 1. The van der Waals surface area contributed by atoms with Gasteiger partial charge < -0.3 is 15.0 Å². The first-order valence-corrected chi connectivity index (χ1v) is 15.3. The zero-order chi connectivity index (χ0) is 28.8. The maximum Gasteiger partial charge on any atom is 0.416 e. The summed E-state index contributed by atoms with van der Waals surface area (Å²) in [5.41, 5.74) is 1.84. The van der Waals surface area contributed by atoms with E-state index in [0.717, 1.165) is 63.0 Å². The van der Waals surface area contributed by atoms with Crippen molar-refractivity contribution in [2.75, 3.05) is 31.1 Å². The predicted octanol–water partition coefficient (Wildman–Crippen LogP) is 6.35. The molecule has 5 rings (SSSR count). The van der Waals surface area contributed by atoms with Crippen LogP contribution in [-0.4, -0.2) is 58.2 Å². The summed E-state index contributed by atoms with van der Waals surface area (Å²) in [5, 5.41) is 3.14. The van der Waals surface area contributed by atoms with Gasteiger partial charge in [-0.05, 0) is 61.2 Å². The van der Waals surface area contributed by atoms with Gasteiger partial charge in [0.2, 0.25) is 0 Å². The molecule has 218 valence electrons. The van der Waals surface area contributed by atoms with E-state index in [1.807, 2.05) is 6.07 Å². The smallest absolute Gasteiger partial charge is 0.416 e. The largest absolute Gasteiger partial charge is 0.489 e. The molecule has 1 atom stereocenters. The number of hydrogen-bond donors (Lipinski definition) is 1. The number of amides is 1. The summed E-state index contributed by atoms with van der Waals surface area (Å²) < 4.78 is 45.0. The summed E-state index contributed by atoms with van der Waals surface area (Å²) in [7, 11) is 0. The number of ether oxygens (including phenoxy) is 1. The Kier molecular flexibility index (Phi) is 9.69. The van der Waals surface area contributed by atoms with Gasteiger partial charge in [-0.1, -0.05) is 52.9 Å². The van der Waals surface area contributed by atoms with Gasteiger partial charge in [0.15, 0.2) is 0 Å². The quantitative estimate of drug-likeness (QED) is 0.171. The fourth-order valence-electron chi connectivity index (χ4n) is 5.39. The molecule has 41 heavy (non-hydrogen) atoms. The van der Waals surface area contributed by atoms with Gasteiger partial charge in [0.1, 0.15) is 17.5 Å². The van der Waals surface area contributed by atoms with Gasteiger partial charge in [0, 0.05) is 50.7 Å². The molecule has 0 bridgehead atoms. The number of pyridine rings is 1. The molecule has 3 heterocycles. The first kappa shape index (κ1) is 29.6. The van der Waals surface area contributed by atoms with Gasteiger partial charge >= 0.3 is 6.18 Å². The van der Waals surface area contributed by atoms with Crippen molar-refractivity contribution in [3.8, 4) is 5.75 Å². The number of alkyl halides is 4. The number of nitrogens with zero attached hydrogens (tertiary/aromatic N) is 3. The Hall–Kier alpha value is -2.86. The van der Waals surface area contributed by atoms with E-state index in [1.54, 1.807) is 18.3 Å². The van der Waals surface area contributed by atoms with Crippen molar-refractivity contribution in [1.29, 1.82) is 0 Å². The molecular weight excluding hydrogens is 644 g/mol. The van der Waals surface area contributed by atoms with Crippen molar-refractivity contribution in [2.24, 2.45) is 0 Å². The lowest BCUT2D eigenvalue weighted by Gasteiger charge is -2.35. The summed E-state index contributed by atoms with van der Waals surface area (Å²) in [6, 6.07) is 19.4. The number of carbonyl (C=O) groups is 1. The van der Waals surface area contributed by atoms with Crippen molar-refractivity contribution in [3.05, 3.63) is 89.7 Å². The second-order valence-corrected chi connectivity index (χ2v) is 12.1. The van der Waals surface area contributed by atoms with E-state index in [2.05, 4.69) is 67.0 Å². The highest BCUT2D eigenvalue weighted by Crippen LogP contribution is 2.31. The van der Waals surface area contributed by atoms with E-state index in [0.29, 0.717) is 28.6 Å². The van der Waals surface area contributed by atoms with Crippen LogP contribution in [0.5, 0.6) is 5.75 Å². The number of nitrogens with one attached hydrogen (secondary N) is 1. The fraction of sp³-hybridized carbons (Fsp3) is 0.419. The van der Waals surface area contributed by atoms with E-state index < -0.39 is 11.7 Å². The van der Waals surface area contributed by atoms with Crippen LogP contribution in [0.2, 0.25) is 0 Å². The third-order valence-corrected chi connectivity index (χ3v) is 9.01. The SMILES string of the molecule is O=C(NC1CCN(C(I)Cc2ccccc2)CC1)c1ccc(OC2CCN(c3ccc(C(F)(F)F)cc3)CC2)cn1. The molecule has 10 heteroatoms. The second-order valence-electron chi connectivity index (χ2n) is 10.6. The van der Waals surface area contributed by atoms with Crippen molar-refractivity contribution >= 4 is 34.2 Å².